The van der Waals surface area contributed by atoms with Crippen molar-refractivity contribution in [3.8, 4) is 11.1 Å². The molecule has 0 spiro atoms. The molecule has 0 unspecified atom stereocenters. The van der Waals surface area contributed by atoms with E-state index in [0.717, 1.165) is 25.3 Å². The minimum absolute atomic E-state index is 0.582. The van der Waals surface area contributed by atoms with Crippen molar-refractivity contribution >= 4 is 12.0 Å². The molecule has 5 heteroatoms. The molecule has 2 N–H and O–H groups in total. The molecule has 2 aromatic carbocycles. The van der Waals surface area contributed by atoms with Gasteiger partial charge in [0.1, 0.15) is 11.5 Å². The van der Waals surface area contributed by atoms with E-state index in [2.05, 4.69) is 60.4 Å². The number of unbranched alkanes of at least 4 members (excludes halogenated alkanes) is 5. The maximum absolute atomic E-state index is 11.2. The number of rotatable bonds is 14. The lowest BCUT2D eigenvalue weighted by Crippen LogP contribution is -2.23. The van der Waals surface area contributed by atoms with Crippen LogP contribution in [0.1, 0.15) is 62.5 Å². The minimum Gasteiger partial charge on any atom is -0.460 e. The zero-order chi connectivity index (χ0) is 24.0. The van der Waals surface area contributed by atoms with Crippen LogP contribution in [0.15, 0.2) is 77.2 Å². The van der Waals surface area contributed by atoms with Gasteiger partial charge < -0.3 is 4.42 Å². The average molecular weight is 461 g/mol. The molecule has 0 bridgehead atoms. The Morgan fingerprint density at radius 3 is 2.32 bits per heavy atom. The highest BCUT2D eigenvalue weighted by atomic mass is 16.5. The van der Waals surface area contributed by atoms with Crippen LogP contribution in [-0.4, -0.2) is 22.6 Å². The molecule has 0 atom stereocenters. The fourth-order valence-electron chi connectivity index (χ4n) is 4.01. The zero-order valence-corrected chi connectivity index (χ0v) is 20.1. The van der Waals surface area contributed by atoms with Gasteiger partial charge in [-0.1, -0.05) is 93.6 Å². The van der Waals surface area contributed by atoms with Crippen molar-refractivity contribution < 1.29 is 14.4 Å². The molecule has 5 nitrogen and oxygen atoms in total. The molecule has 0 saturated carbocycles. The van der Waals surface area contributed by atoms with Crippen LogP contribution >= 0.6 is 0 Å². The van der Waals surface area contributed by atoms with E-state index in [-0.39, 0.29) is 0 Å². The van der Waals surface area contributed by atoms with Crippen LogP contribution in [0.2, 0.25) is 0 Å². The average Bonchev–Trinajstić information content (AvgIpc) is 3.32. The molecule has 180 valence electrons. The van der Waals surface area contributed by atoms with Crippen LogP contribution in [0.4, 0.5) is 0 Å². The van der Waals surface area contributed by atoms with Crippen LogP contribution in [0.25, 0.3) is 17.2 Å². The van der Waals surface area contributed by atoms with Gasteiger partial charge in [0.2, 0.25) is 0 Å². The van der Waals surface area contributed by atoms with Gasteiger partial charge in [-0.3, -0.25) is 14.9 Å². The predicted octanol–water partition coefficient (Wildman–Crippen LogP) is 6.83. The van der Waals surface area contributed by atoms with Gasteiger partial charge in [-0.25, -0.2) is 5.48 Å². The topological polar surface area (TPSA) is 65.7 Å². The van der Waals surface area contributed by atoms with E-state index in [0.29, 0.717) is 12.3 Å². The van der Waals surface area contributed by atoms with Crippen molar-refractivity contribution in [2.24, 2.45) is 0 Å². The Bertz CT molecular complexity index is 1010. The van der Waals surface area contributed by atoms with E-state index in [4.69, 9.17) is 9.62 Å². The largest absolute Gasteiger partial charge is 0.460 e. The summed E-state index contributed by atoms with van der Waals surface area (Å²) in [5, 5.41) is 8.62. The third-order valence-corrected chi connectivity index (χ3v) is 5.87. The Morgan fingerprint density at radius 2 is 1.59 bits per heavy atom. The molecule has 0 aliphatic heterocycles. The van der Waals surface area contributed by atoms with Crippen LogP contribution in [-0.2, 0) is 17.9 Å². The van der Waals surface area contributed by atoms with Gasteiger partial charge in [0.05, 0.1) is 6.54 Å². The van der Waals surface area contributed by atoms with Crippen molar-refractivity contribution in [3.05, 3.63) is 89.9 Å². The quantitative estimate of drug-likeness (QED) is 0.120. The fraction of sp³-hybridized carbons (Fsp3) is 0.345. The second-order valence-electron chi connectivity index (χ2n) is 8.65. The summed E-state index contributed by atoms with van der Waals surface area (Å²) in [5.74, 6) is 0.864. The molecule has 3 aromatic rings. The van der Waals surface area contributed by atoms with Crippen LogP contribution in [0.3, 0.4) is 0 Å². The number of hydrogen-bond acceptors (Lipinski definition) is 4. The Hall–Kier alpha value is -3.15. The minimum atomic E-state index is -0.582. The van der Waals surface area contributed by atoms with Gasteiger partial charge in [-0.05, 0) is 47.9 Å². The summed E-state index contributed by atoms with van der Waals surface area (Å²) >= 11 is 0. The lowest BCUT2D eigenvalue weighted by Gasteiger charge is -2.21. The molecule has 1 heterocycles. The standard InChI is InChI=1S/C29H36N2O3/c1-2-3-4-5-6-10-21-31(23-28-18-17-27(34-28)19-20-29(32)30-33)22-24-13-15-26(16-14-24)25-11-8-7-9-12-25/h7-9,11-20,33H,2-6,10,21-23H2,1H3,(H,30,32)/b20-19+. The lowest BCUT2D eigenvalue weighted by atomic mass is 10.0. The summed E-state index contributed by atoms with van der Waals surface area (Å²) < 4.78 is 5.89. The second-order valence-corrected chi connectivity index (χ2v) is 8.65. The molecule has 0 radical (unpaired) electrons. The van der Waals surface area contributed by atoms with Crippen LogP contribution in [0.5, 0.6) is 0 Å². The first kappa shape index (κ1) is 25.5. The maximum atomic E-state index is 11.2. The first-order valence-electron chi connectivity index (χ1n) is 12.3. The molecule has 1 aromatic heterocycles. The highest BCUT2D eigenvalue weighted by molar-refractivity contribution is 5.90. The highest BCUT2D eigenvalue weighted by Crippen LogP contribution is 2.21. The maximum Gasteiger partial charge on any atom is 0.267 e. The third kappa shape index (κ3) is 8.65. The van der Waals surface area contributed by atoms with Gasteiger partial charge in [0.15, 0.2) is 0 Å². The number of amides is 1. The zero-order valence-electron chi connectivity index (χ0n) is 20.1. The number of hydrogen-bond donors (Lipinski definition) is 2. The molecule has 0 aliphatic carbocycles. The third-order valence-electron chi connectivity index (χ3n) is 5.87. The molecular formula is C29H36N2O3. The highest BCUT2D eigenvalue weighted by Gasteiger charge is 2.11. The van der Waals surface area contributed by atoms with Crippen molar-refractivity contribution in [1.82, 2.24) is 10.4 Å². The van der Waals surface area contributed by atoms with E-state index in [1.807, 2.05) is 18.2 Å². The van der Waals surface area contributed by atoms with Crippen molar-refractivity contribution in [3.63, 3.8) is 0 Å². The van der Waals surface area contributed by atoms with Gasteiger partial charge in [0, 0.05) is 12.6 Å². The number of carbonyl (C=O) groups is 1. The number of nitrogens with one attached hydrogen (secondary N) is 1. The number of benzene rings is 2. The monoisotopic (exact) mass is 460 g/mol. The SMILES string of the molecule is CCCCCCCCN(Cc1ccc(-c2ccccc2)cc1)Cc1ccc(/C=C/C(=O)NO)o1. The Labute approximate surface area is 203 Å². The predicted molar refractivity (Wildman–Crippen MR) is 137 cm³/mol. The van der Waals surface area contributed by atoms with Crippen LogP contribution in [0, 0.1) is 0 Å². The van der Waals surface area contributed by atoms with Gasteiger partial charge in [-0.15, -0.1) is 0 Å². The molecule has 3 rings (SSSR count). The fourth-order valence-corrected chi connectivity index (χ4v) is 4.01. The first-order chi connectivity index (χ1) is 16.7. The van der Waals surface area contributed by atoms with Gasteiger partial charge in [-0.2, -0.15) is 0 Å². The molecule has 0 aliphatic rings. The van der Waals surface area contributed by atoms with Gasteiger partial charge in [0.25, 0.3) is 5.91 Å². The summed E-state index contributed by atoms with van der Waals surface area (Å²) in [6.07, 6.45) is 10.4. The van der Waals surface area contributed by atoms with E-state index >= 15 is 0 Å². The Balaban J connectivity index is 1.62. The second kappa shape index (κ2) is 14.2. The van der Waals surface area contributed by atoms with Crippen molar-refractivity contribution in [1.29, 1.82) is 0 Å². The van der Waals surface area contributed by atoms with Crippen molar-refractivity contribution in [2.45, 2.75) is 58.5 Å². The normalized spacial score (nSPS) is 11.4. The van der Waals surface area contributed by atoms with Gasteiger partial charge >= 0.3 is 0 Å². The van der Waals surface area contributed by atoms with E-state index < -0.39 is 5.91 Å². The Morgan fingerprint density at radius 1 is 0.882 bits per heavy atom. The van der Waals surface area contributed by atoms with E-state index in [9.17, 15) is 4.79 Å². The smallest absolute Gasteiger partial charge is 0.267 e. The van der Waals surface area contributed by atoms with E-state index in [1.54, 1.807) is 11.6 Å². The number of hydroxylamine groups is 1. The number of furan rings is 1. The molecular weight excluding hydrogens is 424 g/mol. The van der Waals surface area contributed by atoms with Crippen molar-refractivity contribution in [2.75, 3.05) is 6.54 Å². The summed E-state index contributed by atoms with van der Waals surface area (Å²) in [6.45, 7) is 4.80. The first-order valence-corrected chi connectivity index (χ1v) is 12.3. The molecule has 34 heavy (non-hydrogen) atoms. The molecule has 0 fully saturated rings. The summed E-state index contributed by atoms with van der Waals surface area (Å²) in [4.78, 5) is 13.6. The number of nitrogens with zero attached hydrogens (tertiary/aromatic N) is 1. The number of carbonyl (C=O) groups excluding carboxylic acids is 1. The summed E-state index contributed by atoms with van der Waals surface area (Å²) in [7, 11) is 0. The Kier molecular flexibility index (Phi) is 10.6. The van der Waals surface area contributed by atoms with E-state index in [1.165, 1.54) is 54.9 Å². The summed E-state index contributed by atoms with van der Waals surface area (Å²) in [5.41, 5.74) is 5.31. The molecule has 0 saturated heterocycles. The lowest BCUT2D eigenvalue weighted by molar-refractivity contribution is -0.124. The molecule has 1 amide bonds. The van der Waals surface area contributed by atoms with Crippen LogP contribution < -0.4 is 5.48 Å². The summed E-state index contributed by atoms with van der Waals surface area (Å²) in [6, 6.07) is 23.0.